The molecule has 0 atom stereocenters. The molecule has 4 heterocycles. The third kappa shape index (κ3) is 3.94. The van der Waals surface area contributed by atoms with E-state index in [1.807, 2.05) is 18.3 Å². The second-order valence-electron chi connectivity index (χ2n) is 9.60. The molecule has 5 rings (SSSR count). The maximum atomic E-state index is 13.5. The highest BCUT2D eigenvalue weighted by Crippen LogP contribution is 2.37. The monoisotopic (exact) mass is 461 g/mol. The fourth-order valence-corrected chi connectivity index (χ4v) is 5.33. The number of hydrogen-bond donors (Lipinski definition) is 2. The summed E-state index contributed by atoms with van der Waals surface area (Å²) in [4.78, 5) is 42.0. The van der Waals surface area contributed by atoms with Gasteiger partial charge in [0.2, 0.25) is 5.95 Å². The van der Waals surface area contributed by atoms with Crippen LogP contribution in [-0.2, 0) is 5.54 Å². The maximum Gasteiger partial charge on any atom is 0.263 e. The molecule has 178 valence electrons. The number of fused-ring (bicyclic) bond motifs is 1. The van der Waals surface area contributed by atoms with Crippen molar-refractivity contribution >= 4 is 34.3 Å². The van der Waals surface area contributed by atoms with Gasteiger partial charge in [-0.05, 0) is 51.3 Å². The summed E-state index contributed by atoms with van der Waals surface area (Å²) >= 11 is 0. The molecule has 0 radical (unpaired) electrons. The van der Waals surface area contributed by atoms with Gasteiger partial charge in [-0.25, -0.2) is 9.97 Å². The molecule has 0 spiro atoms. The molecule has 1 saturated carbocycles. The van der Waals surface area contributed by atoms with Crippen LogP contribution in [0.3, 0.4) is 0 Å². The number of nitrogens with zero attached hydrogens (tertiary/aromatic N) is 5. The van der Waals surface area contributed by atoms with Crippen molar-refractivity contribution in [2.24, 2.45) is 0 Å². The number of aromatic nitrogens is 4. The fraction of sp³-hybridized carbons (Fsp3) is 0.480. The van der Waals surface area contributed by atoms with Crippen LogP contribution >= 0.6 is 0 Å². The van der Waals surface area contributed by atoms with E-state index in [0.29, 0.717) is 23.0 Å². The van der Waals surface area contributed by atoms with Crippen molar-refractivity contribution in [3.8, 4) is 0 Å². The molecule has 2 N–H and O–H groups in total. The van der Waals surface area contributed by atoms with E-state index in [4.69, 9.17) is 4.98 Å². The van der Waals surface area contributed by atoms with Crippen molar-refractivity contribution in [1.29, 1.82) is 0 Å². The van der Waals surface area contributed by atoms with Crippen LogP contribution in [0.5, 0.6) is 0 Å². The van der Waals surface area contributed by atoms with E-state index in [9.17, 15) is 9.59 Å². The summed E-state index contributed by atoms with van der Waals surface area (Å²) in [6.07, 6.45) is 7.41. The SMILES string of the molecule is CC(=O)c1c(C)c2cnc(Nc3ccc(N4CCNCC4)cn3)nc2n(C2(C)CCCC2)c1=O. The number of aryl methyl sites for hydroxylation is 1. The molecule has 3 aromatic heterocycles. The van der Waals surface area contributed by atoms with E-state index >= 15 is 0 Å². The van der Waals surface area contributed by atoms with Crippen LogP contribution in [-0.4, -0.2) is 51.5 Å². The second-order valence-corrected chi connectivity index (χ2v) is 9.60. The van der Waals surface area contributed by atoms with Crippen molar-refractivity contribution in [2.75, 3.05) is 36.4 Å². The van der Waals surface area contributed by atoms with Gasteiger partial charge in [-0.3, -0.25) is 14.2 Å². The van der Waals surface area contributed by atoms with E-state index in [2.05, 4.69) is 32.4 Å². The first kappa shape index (κ1) is 22.5. The number of pyridine rings is 2. The first-order valence-corrected chi connectivity index (χ1v) is 12.0. The van der Waals surface area contributed by atoms with Crippen molar-refractivity contribution in [3.63, 3.8) is 0 Å². The van der Waals surface area contributed by atoms with Crippen LogP contribution in [0.15, 0.2) is 29.3 Å². The van der Waals surface area contributed by atoms with E-state index in [1.54, 1.807) is 17.7 Å². The van der Waals surface area contributed by atoms with E-state index in [1.165, 1.54) is 6.92 Å². The van der Waals surface area contributed by atoms with Crippen molar-refractivity contribution in [2.45, 2.75) is 52.0 Å². The Bertz CT molecular complexity index is 1290. The standard InChI is InChI=1S/C25H31N7O2/c1-16-19-15-28-24(29-20-7-6-18(14-27-20)31-12-10-26-11-13-31)30-22(19)32(23(34)21(16)17(2)33)25(3)8-4-5-9-25/h6-7,14-15,26H,4-5,8-13H2,1-3H3,(H,27,28,29,30). The molecule has 9 heteroatoms. The normalized spacial score (nSPS) is 17.8. The summed E-state index contributed by atoms with van der Waals surface area (Å²) in [5.41, 5.74) is 1.88. The van der Waals surface area contributed by atoms with Gasteiger partial charge in [0, 0.05) is 43.3 Å². The van der Waals surface area contributed by atoms with Gasteiger partial charge in [-0.1, -0.05) is 12.8 Å². The van der Waals surface area contributed by atoms with E-state index in [0.717, 1.165) is 62.9 Å². The zero-order chi connectivity index (χ0) is 23.9. The molecule has 2 fully saturated rings. The Morgan fingerprint density at radius 3 is 2.50 bits per heavy atom. The lowest BCUT2D eigenvalue weighted by Gasteiger charge is -2.29. The number of piperazine rings is 1. The number of hydrogen-bond acceptors (Lipinski definition) is 8. The summed E-state index contributed by atoms with van der Waals surface area (Å²) in [5, 5.41) is 7.27. The number of carbonyl (C=O) groups excluding carboxylic acids is 1. The van der Waals surface area contributed by atoms with Crippen LogP contribution in [0.2, 0.25) is 0 Å². The molecule has 2 aliphatic rings. The lowest BCUT2D eigenvalue weighted by atomic mass is 9.97. The fourth-order valence-electron chi connectivity index (χ4n) is 5.33. The third-order valence-electron chi connectivity index (χ3n) is 7.22. The molecule has 0 unspecified atom stereocenters. The van der Waals surface area contributed by atoms with Gasteiger partial charge < -0.3 is 15.5 Å². The highest BCUT2D eigenvalue weighted by atomic mass is 16.1. The van der Waals surface area contributed by atoms with Gasteiger partial charge in [0.05, 0.1) is 17.4 Å². The zero-order valence-electron chi connectivity index (χ0n) is 20.0. The number of ketones is 1. The Hall–Kier alpha value is -3.33. The van der Waals surface area contributed by atoms with Gasteiger partial charge in [0.15, 0.2) is 5.78 Å². The number of Topliss-reactive ketones (excluding diaryl/α,β-unsaturated/α-hetero) is 1. The number of anilines is 3. The molecule has 0 bridgehead atoms. The average molecular weight is 462 g/mol. The van der Waals surface area contributed by atoms with Gasteiger partial charge in [0.25, 0.3) is 5.56 Å². The quantitative estimate of drug-likeness (QED) is 0.559. The minimum atomic E-state index is -0.373. The first-order chi connectivity index (χ1) is 16.4. The van der Waals surface area contributed by atoms with E-state index < -0.39 is 0 Å². The summed E-state index contributed by atoms with van der Waals surface area (Å²) in [6.45, 7) is 9.19. The highest BCUT2D eigenvalue weighted by Gasteiger charge is 2.35. The Morgan fingerprint density at radius 2 is 1.85 bits per heavy atom. The summed E-state index contributed by atoms with van der Waals surface area (Å²) in [7, 11) is 0. The van der Waals surface area contributed by atoms with Gasteiger partial charge in [-0.2, -0.15) is 4.98 Å². The molecule has 1 aliphatic heterocycles. The molecule has 34 heavy (non-hydrogen) atoms. The number of nitrogens with one attached hydrogen (secondary N) is 2. The van der Waals surface area contributed by atoms with Crippen LogP contribution in [0, 0.1) is 6.92 Å². The van der Waals surface area contributed by atoms with Crippen LogP contribution in [0.25, 0.3) is 11.0 Å². The maximum absolute atomic E-state index is 13.5. The predicted molar refractivity (Wildman–Crippen MR) is 133 cm³/mol. The highest BCUT2D eigenvalue weighted by molar-refractivity contribution is 5.99. The van der Waals surface area contributed by atoms with Crippen LogP contribution in [0.1, 0.15) is 55.5 Å². The zero-order valence-corrected chi connectivity index (χ0v) is 20.0. The third-order valence-corrected chi connectivity index (χ3v) is 7.22. The van der Waals surface area contributed by atoms with Crippen LogP contribution < -0.4 is 21.1 Å². The van der Waals surface area contributed by atoms with Gasteiger partial charge in [-0.15, -0.1) is 0 Å². The first-order valence-electron chi connectivity index (χ1n) is 12.0. The Morgan fingerprint density at radius 1 is 1.12 bits per heavy atom. The van der Waals surface area contributed by atoms with Gasteiger partial charge >= 0.3 is 0 Å². The topological polar surface area (TPSA) is 105 Å². The molecule has 0 amide bonds. The summed E-state index contributed by atoms with van der Waals surface area (Å²) in [5.74, 6) is 0.784. The summed E-state index contributed by atoms with van der Waals surface area (Å²) in [6, 6.07) is 3.96. The molecule has 3 aromatic rings. The van der Waals surface area contributed by atoms with Crippen molar-refractivity contribution in [1.82, 2.24) is 24.8 Å². The lowest BCUT2D eigenvalue weighted by Crippen LogP contribution is -2.43. The number of rotatable bonds is 5. The molecular formula is C25H31N7O2. The molecule has 1 aliphatic carbocycles. The molecule has 0 aromatic carbocycles. The van der Waals surface area contributed by atoms with Crippen molar-refractivity contribution in [3.05, 3.63) is 46.0 Å². The Balaban J connectivity index is 1.54. The summed E-state index contributed by atoms with van der Waals surface area (Å²) < 4.78 is 1.74. The predicted octanol–water partition coefficient (Wildman–Crippen LogP) is 3.14. The minimum Gasteiger partial charge on any atom is -0.368 e. The molecule has 9 nitrogen and oxygen atoms in total. The van der Waals surface area contributed by atoms with Crippen LogP contribution in [0.4, 0.5) is 17.5 Å². The Labute approximate surface area is 198 Å². The van der Waals surface area contributed by atoms with E-state index in [-0.39, 0.29) is 22.4 Å². The Kier molecular flexibility index (Phi) is 5.81. The largest absolute Gasteiger partial charge is 0.368 e. The molecule has 1 saturated heterocycles. The smallest absolute Gasteiger partial charge is 0.263 e. The molecular weight excluding hydrogens is 430 g/mol. The lowest BCUT2D eigenvalue weighted by molar-refractivity contribution is 0.101. The minimum absolute atomic E-state index is 0.226. The second kappa shape index (κ2) is 8.79. The van der Waals surface area contributed by atoms with Crippen molar-refractivity contribution < 1.29 is 4.79 Å². The average Bonchev–Trinajstić information content (AvgIpc) is 3.27. The number of carbonyl (C=O) groups is 1. The van der Waals surface area contributed by atoms with Gasteiger partial charge in [0.1, 0.15) is 11.5 Å².